The second-order valence-electron chi connectivity index (χ2n) is 2.49. The van der Waals surface area contributed by atoms with E-state index in [1.165, 1.54) is 0 Å². The molecule has 0 spiro atoms. The molecule has 0 saturated heterocycles. The lowest BCUT2D eigenvalue weighted by molar-refractivity contribution is 0.0589. The van der Waals surface area contributed by atoms with Gasteiger partial charge in [0.1, 0.15) is 15.3 Å². The molecule has 0 unspecified atom stereocenters. The van der Waals surface area contributed by atoms with Crippen LogP contribution in [0.5, 0.6) is 0 Å². The van der Waals surface area contributed by atoms with Crippen LogP contribution in [0.2, 0.25) is 5.15 Å². The molecule has 1 rings (SSSR count). The molecule has 0 saturated carbocycles. The number of hydrogen-bond acceptors (Lipinski definition) is 3. The SMILES string of the molecule is COC(=O)c1c(C(F)F)cc(Br)nc1Cl. The van der Waals surface area contributed by atoms with E-state index in [1.54, 1.807) is 0 Å². The minimum Gasteiger partial charge on any atom is -0.465 e. The van der Waals surface area contributed by atoms with E-state index in [0.29, 0.717) is 0 Å². The number of halogens is 4. The quantitative estimate of drug-likeness (QED) is 0.622. The lowest BCUT2D eigenvalue weighted by Crippen LogP contribution is -2.08. The van der Waals surface area contributed by atoms with Crippen molar-refractivity contribution < 1.29 is 18.3 Å². The van der Waals surface area contributed by atoms with Crippen LogP contribution in [0.4, 0.5) is 8.78 Å². The van der Waals surface area contributed by atoms with Crippen LogP contribution in [0, 0.1) is 0 Å². The summed E-state index contributed by atoms with van der Waals surface area (Å²) in [6.45, 7) is 0. The molecule has 0 N–H and O–H groups in total. The van der Waals surface area contributed by atoms with Crippen molar-refractivity contribution in [2.75, 3.05) is 7.11 Å². The number of ether oxygens (including phenoxy) is 1. The van der Waals surface area contributed by atoms with Crippen LogP contribution in [-0.2, 0) is 4.74 Å². The van der Waals surface area contributed by atoms with Gasteiger partial charge in [0.05, 0.1) is 7.11 Å². The molecule has 0 aromatic carbocycles. The third-order valence-corrected chi connectivity index (χ3v) is 2.28. The third kappa shape index (κ3) is 2.63. The van der Waals surface area contributed by atoms with Crippen molar-refractivity contribution in [3.63, 3.8) is 0 Å². The zero-order chi connectivity index (χ0) is 11.6. The Balaban J connectivity index is 3.40. The standard InChI is InChI=1S/C8H5BrClF2NO2/c1-15-8(14)5-3(7(11)12)2-4(9)13-6(5)10/h2,7H,1H3. The second-order valence-corrected chi connectivity index (χ2v) is 3.66. The predicted molar refractivity (Wildman–Crippen MR) is 53.2 cm³/mol. The van der Waals surface area contributed by atoms with Crippen LogP contribution in [0.15, 0.2) is 10.7 Å². The lowest BCUT2D eigenvalue weighted by Gasteiger charge is -2.08. The average molecular weight is 300 g/mol. The summed E-state index contributed by atoms with van der Waals surface area (Å²) in [7, 11) is 1.08. The van der Waals surface area contributed by atoms with E-state index in [9.17, 15) is 13.6 Å². The number of carbonyl (C=O) groups is 1. The molecule has 0 amide bonds. The molecular formula is C8H5BrClF2NO2. The Kier molecular flexibility index (Phi) is 3.98. The molecule has 0 atom stereocenters. The van der Waals surface area contributed by atoms with Gasteiger partial charge in [-0.25, -0.2) is 18.6 Å². The van der Waals surface area contributed by atoms with Crippen molar-refractivity contribution in [3.8, 4) is 0 Å². The number of rotatable bonds is 2. The molecular weight excluding hydrogens is 295 g/mol. The molecule has 0 fully saturated rings. The number of methoxy groups -OCH3 is 1. The van der Waals surface area contributed by atoms with E-state index < -0.39 is 23.5 Å². The summed E-state index contributed by atoms with van der Waals surface area (Å²) in [6, 6.07) is 1.03. The highest BCUT2D eigenvalue weighted by molar-refractivity contribution is 9.10. The number of aromatic nitrogens is 1. The molecule has 0 aliphatic rings. The Morgan fingerprint density at radius 3 is 2.73 bits per heavy atom. The molecule has 0 radical (unpaired) electrons. The summed E-state index contributed by atoms with van der Waals surface area (Å²) in [5, 5.41) is -0.313. The van der Waals surface area contributed by atoms with Gasteiger partial charge in [-0.1, -0.05) is 11.6 Å². The molecule has 0 aliphatic carbocycles. The van der Waals surface area contributed by atoms with E-state index in [1.807, 2.05) is 0 Å². The Morgan fingerprint density at radius 2 is 2.27 bits per heavy atom. The maximum atomic E-state index is 12.6. The Bertz CT molecular complexity index is 400. The number of alkyl halides is 2. The second kappa shape index (κ2) is 4.85. The zero-order valence-corrected chi connectivity index (χ0v) is 9.77. The summed E-state index contributed by atoms with van der Waals surface area (Å²) in [6.07, 6.45) is -2.82. The Hall–Kier alpha value is -0.750. The first-order valence-corrected chi connectivity index (χ1v) is 4.87. The third-order valence-electron chi connectivity index (χ3n) is 1.60. The van der Waals surface area contributed by atoms with E-state index in [0.717, 1.165) is 13.2 Å². The van der Waals surface area contributed by atoms with Crippen LogP contribution in [0.3, 0.4) is 0 Å². The summed E-state index contributed by atoms with van der Waals surface area (Å²) < 4.78 is 29.6. The van der Waals surface area contributed by atoms with Gasteiger partial charge in [-0.15, -0.1) is 0 Å². The maximum Gasteiger partial charge on any atom is 0.341 e. The van der Waals surface area contributed by atoms with Gasteiger partial charge in [0, 0.05) is 5.56 Å². The summed E-state index contributed by atoms with van der Waals surface area (Å²) >= 11 is 8.48. The highest BCUT2D eigenvalue weighted by atomic mass is 79.9. The van der Waals surface area contributed by atoms with E-state index >= 15 is 0 Å². The van der Waals surface area contributed by atoms with Crippen molar-refractivity contribution in [1.29, 1.82) is 0 Å². The van der Waals surface area contributed by atoms with Crippen LogP contribution in [-0.4, -0.2) is 18.1 Å². The minimum absolute atomic E-state index is 0.135. The number of nitrogens with zero attached hydrogens (tertiary/aromatic N) is 1. The molecule has 1 aromatic heterocycles. The summed E-state index contributed by atoms with van der Waals surface area (Å²) in [4.78, 5) is 14.8. The summed E-state index contributed by atoms with van der Waals surface area (Å²) in [5.41, 5.74) is -0.911. The van der Waals surface area contributed by atoms with Crippen LogP contribution >= 0.6 is 27.5 Å². The molecule has 0 bridgehead atoms. The predicted octanol–water partition coefficient (Wildman–Crippen LogP) is 3.22. The fourth-order valence-corrected chi connectivity index (χ4v) is 1.78. The van der Waals surface area contributed by atoms with Crippen LogP contribution < -0.4 is 0 Å². The van der Waals surface area contributed by atoms with Crippen molar-refractivity contribution in [1.82, 2.24) is 4.98 Å². The summed E-state index contributed by atoms with van der Waals surface area (Å²) in [5.74, 6) is -0.935. The molecule has 3 nitrogen and oxygen atoms in total. The van der Waals surface area contributed by atoms with Gasteiger partial charge in [-0.3, -0.25) is 0 Å². The highest BCUT2D eigenvalue weighted by Crippen LogP contribution is 2.30. The van der Waals surface area contributed by atoms with Crippen LogP contribution in [0.1, 0.15) is 22.3 Å². The highest BCUT2D eigenvalue weighted by Gasteiger charge is 2.23. The van der Waals surface area contributed by atoms with Gasteiger partial charge < -0.3 is 4.74 Å². The molecule has 1 heterocycles. The van der Waals surface area contributed by atoms with Crippen molar-refractivity contribution in [2.45, 2.75) is 6.43 Å². The number of hydrogen-bond donors (Lipinski definition) is 0. The Morgan fingerprint density at radius 1 is 1.67 bits per heavy atom. The topological polar surface area (TPSA) is 39.2 Å². The van der Waals surface area contributed by atoms with E-state index in [2.05, 4.69) is 25.7 Å². The monoisotopic (exact) mass is 299 g/mol. The first-order chi connectivity index (χ1) is 6.97. The molecule has 0 aliphatic heterocycles. The smallest absolute Gasteiger partial charge is 0.341 e. The largest absolute Gasteiger partial charge is 0.465 e. The van der Waals surface area contributed by atoms with Gasteiger partial charge in [0.2, 0.25) is 0 Å². The van der Waals surface area contributed by atoms with E-state index in [-0.39, 0.29) is 9.76 Å². The van der Waals surface area contributed by atoms with Crippen molar-refractivity contribution in [2.24, 2.45) is 0 Å². The zero-order valence-electron chi connectivity index (χ0n) is 7.43. The fourth-order valence-electron chi connectivity index (χ4n) is 0.978. The first kappa shape index (κ1) is 12.3. The lowest BCUT2D eigenvalue weighted by atomic mass is 10.1. The van der Waals surface area contributed by atoms with Crippen molar-refractivity contribution >= 4 is 33.5 Å². The van der Waals surface area contributed by atoms with E-state index in [4.69, 9.17) is 11.6 Å². The van der Waals surface area contributed by atoms with Gasteiger partial charge >= 0.3 is 5.97 Å². The number of pyridine rings is 1. The average Bonchev–Trinajstić information content (AvgIpc) is 2.15. The van der Waals surface area contributed by atoms with Gasteiger partial charge in [0.25, 0.3) is 6.43 Å². The normalized spacial score (nSPS) is 10.5. The minimum atomic E-state index is -2.82. The molecule has 1 aromatic rings. The van der Waals surface area contributed by atoms with Crippen LogP contribution in [0.25, 0.3) is 0 Å². The molecule has 7 heteroatoms. The van der Waals surface area contributed by atoms with Gasteiger partial charge in [-0.2, -0.15) is 0 Å². The van der Waals surface area contributed by atoms with Crippen molar-refractivity contribution in [3.05, 3.63) is 26.9 Å². The van der Waals surface area contributed by atoms with Gasteiger partial charge in [-0.05, 0) is 22.0 Å². The van der Waals surface area contributed by atoms with Gasteiger partial charge in [0.15, 0.2) is 0 Å². The fraction of sp³-hybridized carbons (Fsp3) is 0.250. The molecule has 82 valence electrons. The maximum absolute atomic E-state index is 12.6. The molecule has 15 heavy (non-hydrogen) atoms. The number of carbonyl (C=O) groups excluding carboxylic acids is 1. The first-order valence-electron chi connectivity index (χ1n) is 3.69. The number of esters is 1. The Labute approximate surface area is 97.5 Å².